The molecule has 0 spiro atoms. The van der Waals surface area contributed by atoms with Gasteiger partial charge in [-0.3, -0.25) is 4.68 Å². The van der Waals surface area contributed by atoms with Crippen molar-refractivity contribution in [1.82, 2.24) is 14.8 Å². The number of anilines is 2. The topological polar surface area (TPSA) is 133 Å². The molecule has 6 N–H and O–H groups in total. The van der Waals surface area contributed by atoms with Crippen molar-refractivity contribution in [1.29, 1.82) is 0 Å². The van der Waals surface area contributed by atoms with Crippen molar-refractivity contribution in [3.8, 4) is 10.6 Å². The highest BCUT2D eigenvalue weighted by molar-refractivity contribution is 7.18. The Morgan fingerprint density at radius 2 is 2.06 bits per heavy atom. The Balaban J connectivity index is 1.57. The fourth-order valence-electron chi connectivity index (χ4n) is 3.96. The zero-order valence-corrected chi connectivity index (χ0v) is 19.0. The second-order valence-corrected chi connectivity index (χ2v) is 8.85. The molecule has 0 radical (unpaired) electrons. The summed E-state index contributed by atoms with van der Waals surface area (Å²) in [4.78, 5) is 4.20. The van der Waals surface area contributed by atoms with Gasteiger partial charge < -0.3 is 31.4 Å². The third-order valence-electron chi connectivity index (χ3n) is 5.68. The number of halogens is 2. The molecule has 12 heteroatoms. The average Bonchev–Trinajstić information content (AvgIpc) is 3.26. The van der Waals surface area contributed by atoms with E-state index in [1.165, 1.54) is 6.07 Å². The molecule has 1 aliphatic heterocycles. The predicted octanol–water partition coefficient (Wildman–Crippen LogP) is 2.70. The van der Waals surface area contributed by atoms with Crippen molar-refractivity contribution in [3.05, 3.63) is 47.4 Å². The van der Waals surface area contributed by atoms with Gasteiger partial charge in [0.15, 0.2) is 6.23 Å². The molecule has 2 aromatic heterocycles. The lowest BCUT2D eigenvalue weighted by molar-refractivity contribution is 0.0318. The first-order chi connectivity index (χ1) is 15.8. The van der Waals surface area contributed by atoms with E-state index in [9.17, 15) is 13.9 Å². The van der Waals surface area contributed by atoms with Crippen LogP contribution in [0.2, 0.25) is 0 Å². The third kappa shape index (κ3) is 4.70. The summed E-state index contributed by atoms with van der Waals surface area (Å²) in [6, 6.07) is 3.30. The number of rotatable bonds is 6. The van der Waals surface area contributed by atoms with E-state index in [1.807, 2.05) is 0 Å². The highest BCUT2D eigenvalue weighted by Gasteiger charge is 2.30. The molecule has 2 unspecified atom stereocenters. The molecular weight excluding hydrogens is 454 g/mol. The Kier molecular flexibility index (Phi) is 6.91. The molecule has 1 aromatic carbocycles. The monoisotopic (exact) mass is 480 g/mol. The van der Waals surface area contributed by atoms with Crippen LogP contribution in [0.5, 0.6) is 0 Å². The van der Waals surface area contributed by atoms with E-state index in [2.05, 4.69) is 15.4 Å². The number of hydrogen-bond acceptors (Lipinski definition) is 9. The molecule has 0 aliphatic carbocycles. The van der Waals surface area contributed by atoms with Crippen LogP contribution >= 0.6 is 11.3 Å². The SMILES string of the molecule is CO[C@H]1CCC(c2c(NC(O)c3nc(-c4c(F)cccc4F)sc3N)cnn2C)OC[C@@H]1N. The van der Waals surface area contributed by atoms with Crippen LogP contribution < -0.4 is 16.8 Å². The quantitative estimate of drug-likeness (QED) is 0.396. The number of aliphatic hydroxyl groups is 1. The van der Waals surface area contributed by atoms with Crippen LogP contribution in [0.25, 0.3) is 10.6 Å². The Bertz CT molecular complexity index is 1100. The lowest BCUT2D eigenvalue weighted by Crippen LogP contribution is -2.38. The number of hydrogen-bond donors (Lipinski definition) is 4. The first-order valence-corrected chi connectivity index (χ1v) is 11.2. The van der Waals surface area contributed by atoms with Crippen molar-refractivity contribution in [2.75, 3.05) is 24.8 Å². The van der Waals surface area contributed by atoms with Crippen molar-refractivity contribution < 1.29 is 23.4 Å². The Morgan fingerprint density at radius 3 is 2.76 bits per heavy atom. The summed E-state index contributed by atoms with van der Waals surface area (Å²) in [5.41, 5.74) is 13.2. The second kappa shape index (κ2) is 9.69. The van der Waals surface area contributed by atoms with Gasteiger partial charge in [-0.1, -0.05) is 17.4 Å². The fraction of sp³-hybridized carbons (Fsp3) is 0.429. The normalized spacial score (nSPS) is 22.2. The van der Waals surface area contributed by atoms with E-state index in [0.29, 0.717) is 30.8 Å². The number of nitrogens with zero attached hydrogens (tertiary/aromatic N) is 3. The molecule has 178 valence electrons. The molecule has 0 saturated carbocycles. The molecule has 0 amide bonds. The second-order valence-electron chi connectivity index (χ2n) is 7.82. The van der Waals surface area contributed by atoms with Crippen LogP contribution in [0.15, 0.2) is 24.4 Å². The number of thiazole rings is 1. The smallest absolute Gasteiger partial charge is 0.171 e. The van der Waals surface area contributed by atoms with Crippen molar-refractivity contribution in [3.63, 3.8) is 0 Å². The predicted molar refractivity (Wildman–Crippen MR) is 120 cm³/mol. The molecule has 33 heavy (non-hydrogen) atoms. The molecule has 3 heterocycles. The number of benzene rings is 1. The Morgan fingerprint density at radius 1 is 1.33 bits per heavy atom. The minimum Gasteiger partial charge on any atom is -0.389 e. The lowest BCUT2D eigenvalue weighted by Gasteiger charge is -2.20. The molecule has 1 aliphatic rings. The van der Waals surface area contributed by atoms with Gasteiger partial charge in [0.2, 0.25) is 0 Å². The zero-order valence-electron chi connectivity index (χ0n) is 18.2. The number of ether oxygens (including phenoxy) is 2. The number of aliphatic hydroxyl groups excluding tert-OH is 1. The highest BCUT2D eigenvalue weighted by atomic mass is 32.1. The van der Waals surface area contributed by atoms with Gasteiger partial charge in [0.25, 0.3) is 0 Å². The van der Waals surface area contributed by atoms with Crippen LogP contribution in [0.4, 0.5) is 19.5 Å². The number of nitrogens with one attached hydrogen (secondary N) is 1. The lowest BCUT2D eigenvalue weighted by atomic mass is 10.0. The third-order valence-corrected chi connectivity index (χ3v) is 6.60. The number of nitrogens with two attached hydrogens (primary N) is 2. The van der Waals surface area contributed by atoms with E-state index >= 15 is 0 Å². The van der Waals surface area contributed by atoms with Crippen LogP contribution in [0.3, 0.4) is 0 Å². The van der Waals surface area contributed by atoms with E-state index < -0.39 is 17.9 Å². The minimum absolute atomic E-state index is 0.0389. The fourth-order valence-corrected chi connectivity index (χ4v) is 4.87. The van der Waals surface area contributed by atoms with Crippen molar-refractivity contribution in [2.24, 2.45) is 12.8 Å². The molecule has 1 saturated heterocycles. The van der Waals surface area contributed by atoms with E-state index in [-0.39, 0.29) is 39.5 Å². The highest BCUT2D eigenvalue weighted by Crippen LogP contribution is 2.38. The molecule has 1 fully saturated rings. The van der Waals surface area contributed by atoms with Gasteiger partial charge in [-0.15, -0.1) is 0 Å². The molecule has 4 atom stereocenters. The number of aromatic nitrogens is 3. The van der Waals surface area contributed by atoms with E-state index in [1.54, 1.807) is 25.0 Å². The van der Waals surface area contributed by atoms with Gasteiger partial charge in [0.1, 0.15) is 33.4 Å². The summed E-state index contributed by atoms with van der Waals surface area (Å²) in [7, 11) is 3.39. The molecule has 9 nitrogen and oxygen atoms in total. The van der Waals surface area contributed by atoms with E-state index in [4.69, 9.17) is 20.9 Å². The van der Waals surface area contributed by atoms with Crippen molar-refractivity contribution in [2.45, 2.75) is 37.3 Å². The number of aryl methyl sites for hydroxylation is 1. The van der Waals surface area contributed by atoms with E-state index in [0.717, 1.165) is 23.5 Å². The average molecular weight is 481 g/mol. The van der Waals surface area contributed by atoms with Gasteiger partial charge in [0, 0.05) is 14.2 Å². The summed E-state index contributed by atoms with van der Waals surface area (Å²) >= 11 is 0.891. The molecule has 3 aromatic rings. The molecule has 4 rings (SSSR count). The summed E-state index contributed by atoms with van der Waals surface area (Å²) in [6.45, 7) is 0.312. The van der Waals surface area contributed by atoms with Crippen LogP contribution in [0, 0.1) is 11.6 Å². The number of nitrogen functional groups attached to an aromatic ring is 1. The van der Waals surface area contributed by atoms with Crippen LogP contribution in [-0.2, 0) is 16.5 Å². The summed E-state index contributed by atoms with van der Waals surface area (Å²) in [5, 5.41) is 18.2. The molecular formula is C21H26F2N6O3S. The summed E-state index contributed by atoms with van der Waals surface area (Å²) in [5.74, 6) is -1.52. The van der Waals surface area contributed by atoms with Gasteiger partial charge in [-0.2, -0.15) is 5.10 Å². The number of methoxy groups -OCH3 is 1. The largest absolute Gasteiger partial charge is 0.389 e. The first-order valence-electron chi connectivity index (χ1n) is 10.4. The van der Waals surface area contributed by atoms with Gasteiger partial charge in [-0.25, -0.2) is 13.8 Å². The maximum absolute atomic E-state index is 14.2. The zero-order chi connectivity index (χ0) is 23.7. The minimum atomic E-state index is -1.34. The first kappa shape index (κ1) is 23.5. The van der Waals surface area contributed by atoms with Gasteiger partial charge in [0.05, 0.1) is 41.9 Å². The maximum Gasteiger partial charge on any atom is 0.171 e. The van der Waals surface area contributed by atoms with Crippen LogP contribution in [0.1, 0.15) is 36.6 Å². The van der Waals surface area contributed by atoms with Crippen molar-refractivity contribution >= 4 is 22.0 Å². The summed E-state index contributed by atoms with van der Waals surface area (Å²) < 4.78 is 41.4. The maximum atomic E-state index is 14.2. The Labute approximate surface area is 193 Å². The standard InChI is InChI=1S/C21H26F2N6O3S/c1-29-18(15-7-6-14(31-2)12(24)9-32-15)13(8-26-29)27-20(30)17-19(25)33-21(28-17)16-10(22)4-3-5-11(16)23/h3-5,8,12,14-15,20,27,30H,6-7,9,24-25H2,1-2H3/t12-,14-,15?,20?/m0/s1. The van der Waals surface area contributed by atoms with Gasteiger partial charge in [-0.05, 0) is 25.0 Å². The summed E-state index contributed by atoms with van der Waals surface area (Å²) in [6.07, 6.45) is 1.12. The Hall–Kier alpha value is -2.64. The van der Waals surface area contributed by atoms with Crippen LogP contribution in [-0.4, -0.2) is 45.7 Å². The molecule has 0 bridgehead atoms. The van der Waals surface area contributed by atoms with Gasteiger partial charge >= 0.3 is 0 Å².